The van der Waals surface area contributed by atoms with Gasteiger partial charge in [0.15, 0.2) is 0 Å². The molecule has 0 atom stereocenters. The van der Waals surface area contributed by atoms with Crippen LogP contribution < -0.4 is 15.6 Å². The van der Waals surface area contributed by atoms with Crippen molar-refractivity contribution in [3.63, 3.8) is 0 Å². The quantitative estimate of drug-likeness (QED) is 0.341. The monoisotopic (exact) mass is 490 g/mol. The predicted molar refractivity (Wildman–Crippen MR) is 142 cm³/mol. The van der Waals surface area contributed by atoms with E-state index in [4.69, 9.17) is 9.47 Å². The number of aromatic nitrogens is 1. The summed E-state index contributed by atoms with van der Waals surface area (Å²) in [5, 5.41) is 6.84. The number of carbonyl (C=O) groups excluding carboxylic acids is 1. The molecule has 1 aliphatic rings. The van der Waals surface area contributed by atoms with Crippen LogP contribution in [-0.4, -0.2) is 30.3 Å². The Bertz CT molecular complexity index is 1460. The molecular formula is C28H30N2O4S. The molecule has 35 heavy (non-hydrogen) atoms. The van der Waals surface area contributed by atoms with Crippen LogP contribution in [-0.2, 0) is 10.2 Å². The molecule has 6 nitrogen and oxygen atoms in total. The highest BCUT2D eigenvalue weighted by Gasteiger charge is 2.39. The average Bonchev–Trinajstić information content (AvgIpc) is 3.28. The lowest BCUT2D eigenvalue weighted by Gasteiger charge is -2.42. The van der Waals surface area contributed by atoms with E-state index in [-0.39, 0.29) is 17.1 Å². The Kier molecular flexibility index (Phi) is 5.83. The van der Waals surface area contributed by atoms with Gasteiger partial charge in [0.2, 0.25) is 0 Å². The minimum atomic E-state index is -0.520. The van der Waals surface area contributed by atoms with Gasteiger partial charge in [-0.1, -0.05) is 30.7 Å². The van der Waals surface area contributed by atoms with Crippen molar-refractivity contribution in [1.82, 2.24) is 10.3 Å². The smallest absolute Gasteiger partial charge is 0.407 e. The van der Waals surface area contributed by atoms with Crippen LogP contribution in [0.15, 0.2) is 52.6 Å². The van der Waals surface area contributed by atoms with Crippen molar-refractivity contribution in [2.45, 2.75) is 51.0 Å². The SMILES string of the molecule is COc1ccc2[nH]c(=O)c3sccc3c2c1-c1ccc(C2(CNC(=O)OC(C)(C)C)CCC2)cc1. The fourth-order valence-corrected chi connectivity index (χ4v) is 5.80. The van der Waals surface area contributed by atoms with Crippen LogP contribution in [0.3, 0.4) is 0 Å². The summed E-state index contributed by atoms with van der Waals surface area (Å²) in [5.41, 5.74) is 3.31. The number of hydrogen-bond donors (Lipinski definition) is 2. The molecule has 1 amide bonds. The highest BCUT2D eigenvalue weighted by Crippen LogP contribution is 2.45. The van der Waals surface area contributed by atoms with Crippen LogP contribution >= 0.6 is 11.3 Å². The van der Waals surface area contributed by atoms with E-state index in [1.165, 1.54) is 16.9 Å². The normalized spacial score (nSPS) is 15.1. The summed E-state index contributed by atoms with van der Waals surface area (Å²) in [6, 6.07) is 14.3. The van der Waals surface area contributed by atoms with Gasteiger partial charge in [-0.05, 0) is 68.3 Å². The first kappa shape index (κ1) is 23.4. The molecule has 1 aliphatic carbocycles. The number of aromatic amines is 1. The van der Waals surface area contributed by atoms with Crippen LogP contribution in [0.1, 0.15) is 45.6 Å². The molecule has 0 radical (unpaired) electrons. The third kappa shape index (κ3) is 4.29. The molecule has 2 aromatic carbocycles. The van der Waals surface area contributed by atoms with E-state index in [1.54, 1.807) is 7.11 Å². The maximum atomic E-state index is 12.5. The summed E-state index contributed by atoms with van der Waals surface area (Å²) in [6.07, 6.45) is 2.81. The molecule has 2 N–H and O–H groups in total. The molecule has 5 rings (SSSR count). The number of H-pyrrole nitrogens is 1. The zero-order valence-corrected chi connectivity index (χ0v) is 21.3. The van der Waals surface area contributed by atoms with Gasteiger partial charge in [0.05, 0.1) is 7.11 Å². The molecule has 0 spiro atoms. The van der Waals surface area contributed by atoms with Gasteiger partial charge in [0, 0.05) is 33.8 Å². The summed E-state index contributed by atoms with van der Waals surface area (Å²) >= 11 is 1.44. The third-order valence-electron chi connectivity index (χ3n) is 6.84. The number of amides is 1. The maximum Gasteiger partial charge on any atom is 0.407 e. The van der Waals surface area contributed by atoms with E-state index >= 15 is 0 Å². The van der Waals surface area contributed by atoms with Gasteiger partial charge in [-0.25, -0.2) is 4.79 Å². The predicted octanol–water partition coefficient (Wildman–Crippen LogP) is 6.36. The number of fused-ring (bicyclic) bond motifs is 3. The largest absolute Gasteiger partial charge is 0.496 e. The molecule has 1 saturated carbocycles. The van der Waals surface area contributed by atoms with Gasteiger partial charge in [-0.2, -0.15) is 0 Å². The summed E-state index contributed by atoms with van der Waals surface area (Å²) in [6.45, 7) is 6.15. The second-order valence-corrected chi connectivity index (χ2v) is 11.2. The topological polar surface area (TPSA) is 80.4 Å². The van der Waals surface area contributed by atoms with E-state index < -0.39 is 5.60 Å². The maximum absolute atomic E-state index is 12.5. The first-order valence-corrected chi connectivity index (χ1v) is 12.8. The molecule has 0 unspecified atom stereocenters. The fourth-order valence-electron chi connectivity index (χ4n) is 5.00. The van der Waals surface area contributed by atoms with Crippen LogP contribution in [0, 0.1) is 0 Å². The number of nitrogens with one attached hydrogen (secondary N) is 2. The third-order valence-corrected chi connectivity index (χ3v) is 7.76. The Morgan fingerprint density at radius 3 is 2.49 bits per heavy atom. The Labute approximate surface area is 208 Å². The van der Waals surface area contributed by atoms with E-state index in [0.29, 0.717) is 11.2 Å². The van der Waals surface area contributed by atoms with E-state index in [2.05, 4.69) is 34.6 Å². The highest BCUT2D eigenvalue weighted by molar-refractivity contribution is 7.17. The minimum Gasteiger partial charge on any atom is -0.496 e. The number of ether oxygens (including phenoxy) is 2. The minimum absolute atomic E-state index is 0.0709. The van der Waals surface area contributed by atoms with E-state index in [9.17, 15) is 9.59 Å². The van der Waals surface area contributed by atoms with E-state index in [0.717, 1.165) is 52.4 Å². The van der Waals surface area contributed by atoms with Crippen molar-refractivity contribution in [2.24, 2.45) is 0 Å². The second-order valence-electron chi connectivity index (χ2n) is 10.2. The molecule has 2 aromatic heterocycles. The van der Waals surface area contributed by atoms with Gasteiger partial charge in [-0.3, -0.25) is 4.79 Å². The number of benzene rings is 2. The van der Waals surface area contributed by atoms with Gasteiger partial charge in [0.1, 0.15) is 16.1 Å². The summed E-state index contributed by atoms with van der Waals surface area (Å²) in [7, 11) is 1.67. The van der Waals surface area contributed by atoms with Crippen LogP contribution in [0.25, 0.3) is 32.1 Å². The number of alkyl carbamates (subject to hydrolysis) is 1. The van der Waals surface area contributed by atoms with Gasteiger partial charge in [0.25, 0.3) is 5.56 Å². The van der Waals surface area contributed by atoms with Crippen molar-refractivity contribution >= 4 is 38.4 Å². The van der Waals surface area contributed by atoms with Crippen molar-refractivity contribution in [3.8, 4) is 16.9 Å². The van der Waals surface area contributed by atoms with Crippen molar-refractivity contribution < 1.29 is 14.3 Å². The number of thiophene rings is 1. The summed E-state index contributed by atoms with van der Waals surface area (Å²) in [5.74, 6) is 0.759. The molecule has 4 aromatic rings. The number of hydrogen-bond acceptors (Lipinski definition) is 5. The Hall–Kier alpha value is -3.32. The Balaban J connectivity index is 1.51. The molecule has 182 valence electrons. The Morgan fingerprint density at radius 1 is 1.11 bits per heavy atom. The number of pyridine rings is 1. The molecule has 2 heterocycles. The number of carbonyl (C=O) groups is 1. The van der Waals surface area contributed by atoms with Crippen molar-refractivity contribution in [1.29, 1.82) is 0 Å². The standard InChI is InChI=1S/C28H30N2O4S/c1-27(2,3)34-26(32)29-16-28(13-5-14-28)18-8-6-17(7-9-18)22-21(33-4)11-10-20-23(22)19-12-15-35-24(19)25(31)30-20/h6-12,15H,5,13-14,16H2,1-4H3,(H,29,32)(H,30,31). The van der Waals surface area contributed by atoms with Crippen molar-refractivity contribution in [2.75, 3.05) is 13.7 Å². The first-order chi connectivity index (χ1) is 16.7. The fraction of sp³-hybridized carbons (Fsp3) is 0.357. The molecular weight excluding hydrogens is 460 g/mol. The molecule has 7 heteroatoms. The lowest BCUT2D eigenvalue weighted by atomic mass is 9.64. The van der Waals surface area contributed by atoms with Gasteiger partial charge in [-0.15, -0.1) is 11.3 Å². The molecule has 0 aliphatic heterocycles. The molecule has 1 fully saturated rings. The molecule has 0 bridgehead atoms. The van der Waals surface area contributed by atoms with Crippen LogP contribution in [0.2, 0.25) is 0 Å². The van der Waals surface area contributed by atoms with Crippen LogP contribution in [0.5, 0.6) is 5.75 Å². The number of methoxy groups -OCH3 is 1. The lowest BCUT2D eigenvalue weighted by Crippen LogP contribution is -2.46. The van der Waals surface area contributed by atoms with Gasteiger partial charge >= 0.3 is 6.09 Å². The second kappa shape index (κ2) is 8.72. The Morgan fingerprint density at radius 2 is 1.86 bits per heavy atom. The number of rotatable bonds is 5. The average molecular weight is 491 g/mol. The summed E-state index contributed by atoms with van der Waals surface area (Å²) in [4.78, 5) is 27.8. The molecule has 0 saturated heterocycles. The lowest BCUT2D eigenvalue weighted by molar-refractivity contribution is 0.0499. The van der Waals surface area contributed by atoms with Gasteiger partial charge < -0.3 is 19.8 Å². The van der Waals surface area contributed by atoms with Crippen molar-refractivity contribution in [3.05, 3.63) is 63.8 Å². The van der Waals surface area contributed by atoms with E-state index in [1.807, 2.05) is 44.4 Å². The van der Waals surface area contributed by atoms with Crippen LogP contribution in [0.4, 0.5) is 4.79 Å². The summed E-state index contributed by atoms with van der Waals surface area (Å²) < 4.78 is 11.9. The first-order valence-electron chi connectivity index (χ1n) is 11.9. The zero-order valence-electron chi connectivity index (χ0n) is 20.5. The highest BCUT2D eigenvalue weighted by atomic mass is 32.1. The zero-order chi connectivity index (χ0) is 24.8.